The van der Waals surface area contributed by atoms with E-state index in [1.54, 1.807) is 6.92 Å². The summed E-state index contributed by atoms with van der Waals surface area (Å²) < 4.78 is 31.7. The average Bonchev–Trinajstić information content (AvgIpc) is 2.76. The van der Waals surface area contributed by atoms with Gasteiger partial charge in [0.05, 0.1) is 11.4 Å². The van der Waals surface area contributed by atoms with Crippen molar-refractivity contribution < 1.29 is 12.9 Å². The molecule has 0 saturated heterocycles. The molecule has 1 aromatic heterocycles. The Hall–Kier alpha value is -1.45. The minimum atomic E-state index is -3.65. The van der Waals surface area contributed by atoms with Crippen molar-refractivity contribution in [2.24, 2.45) is 0 Å². The fourth-order valence-corrected chi connectivity index (χ4v) is 2.87. The Morgan fingerprint density at radius 1 is 1.47 bits per heavy atom. The van der Waals surface area contributed by atoms with Crippen LogP contribution in [0.15, 0.2) is 32.1 Å². The Bertz CT molecular complexity index is 699. The van der Waals surface area contributed by atoms with E-state index in [1.165, 1.54) is 18.2 Å². The minimum Gasteiger partial charge on any atom is -0.398 e. The molecule has 0 unspecified atom stereocenters. The van der Waals surface area contributed by atoms with Gasteiger partial charge in [-0.3, -0.25) is 0 Å². The van der Waals surface area contributed by atoms with E-state index in [9.17, 15) is 8.42 Å². The number of nitrogens with one attached hydrogen (secondary N) is 1. The Kier molecular flexibility index (Phi) is 3.88. The number of nitrogen functional groups attached to an aromatic ring is 1. The van der Waals surface area contributed by atoms with Crippen molar-refractivity contribution in [3.63, 3.8) is 0 Å². The van der Waals surface area contributed by atoms with E-state index in [2.05, 4.69) is 30.8 Å². The molecule has 0 fully saturated rings. The number of nitrogens with zero attached hydrogens (tertiary/aromatic N) is 2. The van der Waals surface area contributed by atoms with Crippen LogP contribution in [0.5, 0.6) is 0 Å². The average molecular weight is 347 g/mol. The molecule has 0 atom stereocenters. The zero-order valence-corrected chi connectivity index (χ0v) is 12.3. The van der Waals surface area contributed by atoms with Gasteiger partial charge in [-0.15, -0.1) is 0 Å². The van der Waals surface area contributed by atoms with Crippen LogP contribution < -0.4 is 10.5 Å². The van der Waals surface area contributed by atoms with E-state index in [-0.39, 0.29) is 17.3 Å². The van der Waals surface area contributed by atoms with Crippen LogP contribution in [0.3, 0.4) is 0 Å². The van der Waals surface area contributed by atoms with Gasteiger partial charge in [-0.2, -0.15) is 4.98 Å². The molecule has 0 saturated carbocycles. The Labute approximate surface area is 118 Å². The quantitative estimate of drug-likeness (QED) is 0.804. The highest BCUT2D eigenvalue weighted by molar-refractivity contribution is 9.10. The van der Waals surface area contributed by atoms with Gasteiger partial charge in [0.2, 0.25) is 15.9 Å². The molecular formula is C10H11BrN4O3S. The van der Waals surface area contributed by atoms with Gasteiger partial charge in [-0.1, -0.05) is 5.16 Å². The van der Waals surface area contributed by atoms with E-state index in [0.29, 0.717) is 16.1 Å². The SMILES string of the molecule is Cc1nc(CNS(=O)(=O)c2ccc(N)c(Br)c2)no1. The number of hydrogen-bond acceptors (Lipinski definition) is 6. The second-order valence-electron chi connectivity index (χ2n) is 3.74. The van der Waals surface area contributed by atoms with Crippen LogP contribution in [0.2, 0.25) is 0 Å². The second-order valence-corrected chi connectivity index (χ2v) is 6.36. The van der Waals surface area contributed by atoms with Crippen LogP contribution in [0.1, 0.15) is 11.7 Å². The second kappa shape index (κ2) is 5.27. The van der Waals surface area contributed by atoms with Gasteiger partial charge in [-0.25, -0.2) is 13.1 Å². The molecule has 9 heteroatoms. The molecule has 0 spiro atoms. The molecular weight excluding hydrogens is 336 g/mol. The van der Waals surface area contributed by atoms with Crippen LogP contribution in [-0.2, 0) is 16.6 Å². The molecule has 0 bridgehead atoms. The summed E-state index contributed by atoms with van der Waals surface area (Å²) in [6.07, 6.45) is 0. The van der Waals surface area contributed by atoms with Gasteiger partial charge in [0.25, 0.3) is 0 Å². The number of sulfonamides is 1. The Morgan fingerprint density at radius 2 is 2.21 bits per heavy atom. The third-order valence-corrected chi connectivity index (χ3v) is 4.36. The first-order chi connectivity index (χ1) is 8.88. The highest BCUT2D eigenvalue weighted by Crippen LogP contribution is 2.22. The lowest BCUT2D eigenvalue weighted by molar-refractivity contribution is 0.387. The van der Waals surface area contributed by atoms with Crippen molar-refractivity contribution in [2.75, 3.05) is 5.73 Å². The molecule has 19 heavy (non-hydrogen) atoms. The normalized spacial score (nSPS) is 11.7. The summed E-state index contributed by atoms with van der Waals surface area (Å²) in [7, 11) is -3.65. The first kappa shape index (κ1) is 14.0. The van der Waals surface area contributed by atoms with Crippen molar-refractivity contribution in [2.45, 2.75) is 18.4 Å². The first-order valence-electron chi connectivity index (χ1n) is 5.22. The lowest BCUT2D eigenvalue weighted by atomic mass is 10.3. The van der Waals surface area contributed by atoms with Crippen molar-refractivity contribution >= 4 is 31.6 Å². The molecule has 1 aromatic carbocycles. The molecule has 0 aliphatic carbocycles. The maximum absolute atomic E-state index is 12.0. The fraction of sp³-hybridized carbons (Fsp3) is 0.200. The molecule has 102 valence electrons. The predicted molar refractivity (Wildman–Crippen MR) is 71.6 cm³/mol. The summed E-state index contributed by atoms with van der Waals surface area (Å²) in [5, 5.41) is 3.60. The molecule has 2 rings (SSSR count). The highest BCUT2D eigenvalue weighted by Gasteiger charge is 2.16. The zero-order chi connectivity index (χ0) is 14.0. The summed E-state index contributed by atoms with van der Waals surface area (Å²) in [4.78, 5) is 4.01. The lowest BCUT2D eigenvalue weighted by Gasteiger charge is -2.06. The largest absolute Gasteiger partial charge is 0.398 e. The zero-order valence-electron chi connectivity index (χ0n) is 9.92. The maximum Gasteiger partial charge on any atom is 0.241 e. The number of hydrogen-bond donors (Lipinski definition) is 2. The van der Waals surface area contributed by atoms with Crippen molar-refractivity contribution in [3.8, 4) is 0 Å². The third kappa shape index (κ3) is 3.31. The Morgan fingerprint density at radius 3 is 2.79 bits per heavy atom. The summed E-state index contributed by atoms with van der Waals surface area (Å²) in [5.74, 6) is 0.653. The molecule has 7 nitrogen and oxygen atoms in total. The predicted octanol–water partition coefficient (Wildman–Crippen LogP) is 1.20. The molecule has 2 aromatic rings. The number of nitrogens with two attached hydrogens (primary N) is 1. The molecule has 0 aliphatic rings. The summed E-state index contributed by atoms with van der Waals surface area (Å²) in [6.45, 7) is 1.59. The summed E-state index contributed by atoms with van der Waals surface area (Å²) in [5.41, 5.74) is 6.07. The topological polar surface area (TPSA) is 111 Å². The number of anilines is 1. The van der Waals surface area contributed by atoms with Crippen LogP contribution in [-0.4, -0.2) is 18.6 Å². The standard InChI is InChI=1S/C10H11BrN4O3S/c1-6-14-10(15-18-6)5-13-19(16,17)7-2-3-9(12)8(11)4-7/h2-4,13H,5,12H2,1H3. The lowest BCUT2D eigenvalue weighted by Crippen LogP contribution is -2.23. The Balaban J connectivity index is 2.16. The summed E-state index contributed by atoms with van der Waals surface area (Å²) in [6, 6.07) is 4.36. The molecule has 0 aliphatic heterocycles. The molecule has 0 radical (unpaired) electrons. The molecule has 1 heterocycles. The van der Waals surface area contributed by atoms with Gasteiger partial charge in [0.1, 0.15) is 0 Å². The van der Waals surface area contributed by atoms with Crippen LogP contribution in [0, 0.1) is 6.92 Å². The van der Waals surface area contributed by atoms with Gasteiger partial charge in [-0.05, 0) is 34.1 Å². The highest BCUT2D eigenvalue weighted by atomic mass is 79.9. The van der Waals surface area contributed by atoms with Crippen LogP contribution >= 0.6 is 15.9 Å². The number of benzene rings is 1. The summed E-state index contributed by atoms with van der Waals surface area (Å²) >= 11 is 3.18. The third-order valence-electron chi connectivity index (χ3n) is 2.27. The van der Waals surface area contributed by atoms with Gasteiger partial charge in [0, 0.05) is 17.1 Å². The smallest absolute Gasteiger partial charge is 0.241 e. The van der Waals surface area contributed by atoms with Crippen molar-refractivity contribution in [1.29, 1.82) is 0 Å². The number of aryl methyl sites for hydroxylation is 1. The van der Waals surface area contributed by atoms with Crippen molar-refractivity contribution in [1.82, 2.24) is 14.9 Å². The molecule has 0 amide bonds. The van der Waals surface area contributed by atoms with E-state index in [4.69, 9.17) is 10.3 Å². The van der Waals surface area contributed by atoms with E-state index in [1.807, 2.05) is 0 Å². The van der Waals surface area contributed by atoms with E-state index < -0.39 is 10.0 Å². The van der Waals surface area contributed by atoms with Gasteiger partial charge < -0.3 is 10.3 Å². The van der Waals surface area contributed by atoms with Crippen molar-refractivity contribution in [3.05, 3.63) is 34.4 Å². The fourth-order valence-electron chi connectivity index (χ4n) is 1.33. The maximum atomic E-state index is 12.0. The first-order valence-corrected chi connectivity index (χ1v) is 7.50. The van der Waals surface area contributed by atoms with E-state index in [0.717, 1.165) is 0 Å². The van der Waals surface area contributed by atoms with Crippen LogP contribution in [0.4, 0.5) is 5.69 Å². The molecule has 3 N–H and O–H groups in total. The number of halogens is 1. The number of aromatic nitrogens is 2. The van der Waals surface area contributed by atoms with Gasteiger partial charge in [0.15, 0.2) is 5.82 Å². The minimum absolute atomic E-state index is 0.0400. The monoisotopic (exact) mass is 346 g/mol. The van der Waals surface area contributed by atoms with Crippen LogP contribution in [0.25, 0.3) is 0 Å². The van der Waals surface area contributed by atoms with E-state index >= 15 is 0 Å². The van der Waals surface area contributed by atoms with Gasteiger partial charge >= 0.3 is 0 Å². The number of rotatable bonds is 4.